The number of rotatable bonds is 3. The van der Waals surface area contributed by atoms with E-state index in [1.165, 1.54) is 12.1 Å². The average molecular weight is 266 g/mol. The van der Waals surface area contributed by atoms with Crippen LogP contribution in [0.1, 0.15) is 0 Å². The summed E-state index contributed by atoms with van der Waals surface area (Å²) in [7, 11) is -7.20. The van der Waals surface area contributed by atoms with E-state index in [1.807, 2.05) is 0 Å². The van der Waals surface area contributed by atoms with Crippen LogP contribution in [-0.2, 0) is 18.9 Å². The van der Waals surface area contributed by atoms with Crippen LogP contribution in [0.4, 0.5) is 0 Å². The summed E-state index contributed by atoms with van der Waals surface area (Å²) in [5.41, 5.74) is 0. The van der Waals surface area contributed by atoms with Crippen molar-refractivity contribution in [2.75, 3.05) is 12.5 Å². The molecule has 15 heavy (non-hydrogen) atoms. The van der Waals surface area contributed by atoms with Crippen molar-refractivity contribution >= 4 is 30.5 Å². The smallest absolute Gasteiger partial charge is 0.183 e. The van der Waals surface area contributed by atoms with Crippen LogP contribution in [0.3, 0.4) is 0 Å². The van der Waals surface area contributed by atoms with Crippen LogP contribution in [0.2, 0.25) is 0 Å². The molecule has 0 atom stereocenters. The lowest BCUT2D eigenvalue weighted by Crippen LogP contribution is -2.14. The van der Waals surface area contributed by atoms with Gasteiger partial charge in [-0.25, -0.2) is 16.8 Å². The van der Waals surface area contributed by atoms with Gasteiger partial charge in [-0.05, 0) is 0 Å². The molecule has 0 saturated carbocycles. The SMILES string of the molecule is CS(=O)(=O)P(c1ccccc1)S(C)(=O)=O. The molecule has 0 saturated heterocycles. The third-order valence-electron chi connectivity index (χ3n) is 1.57. The van der Waals surface area contributed by atoms with Crippen LogP contribution in [0.25, 0.3) is 0 Å². The van der Waals surface area contributed by atoms with Gasteiger partial charge in [0.05, 0.1) is 0 Å². The van der Waals surface area contributed by atoms with E-state index in [4.69, 9.17) is 0 Å². The van der Waals surface area contributed by atoms with Gasteiger partial charge < -0.3 is 0 Å². The molecule has 0 aliphatic carbocycles. The molecule has 0 unspecified atom stereocenters. The monoisotopic (exact) mass is 266 g/mol. The zero-order valence-electron chi connectivity index (χ0n) is 8.28. The van der Waals surface area contributed by atoms with Crippen molar-refractivity contribution < 1.29 is 16.8 Å². The van der Waals surface area contributed by atoms with Crippen LogP contribution in [0, 0.1) is 0 Å². The van der Waals surface area contributed by atoms with Crippen LogP contribution < -0.4 is 5.30 Å². The van der Waals surface area contributed by atoms with Gasteiger partial charge in [0, 0.05) is 17.8 Å². The van der Waals surface area contributed by atoms with E-state index >= 15 is 0 Å². The van der Waals surface area contributed by atoms with E-state index in [0.717, 1.165) is 12.5 Å². The Morgan fingerprint density at radius 1 is 0.867 bits per heavy atom. The normalized spacial score (nSPS) is 13.0. The maximum absolute atomic E-state index is 11.4. The standard InChI is InChI=1S/C8H11O4PS2/c1-14(9,10)13(15(2,11)12)8-6-4-3-5-7-8/h3-7H,1-2H3. The fraction of sp³-hybridized carbons (Fsp3) is 0.250. The summed E-state index contributed by atoms with van der Waals surface area (Å²) < 4.78 is 45.7. The molecule has 84 valence electrons. The average Bonchev–Trinajstić information content (AvgIpc) is 2.00. The van der Waals surface area contributed by atoms with Gasteiger partial charge in [0.25, 0.3) is 0 Å². The Bertz CT molecular complexity index is 501. The van der Waals surface area contributed by atoms with Crippen molar-refractivity contribution in [1.29, 1.82) is 0 Å². The molecule has 0 heterocycles. The van der Waals surface area contributed by atoms with Crippen LogP contribution in [-0.4, -0.2) is 29.3 Å². The first-order chi connectivity index (χ1) is 6.73. The summed E-state index contributed by atoms with van der Waals surface area (Å²) in [6.45, 7) is 0. The van der Waals surface area contributed by atoms with Gasteiger partial charge in [-0.3, -0.25) is 0 Å². The Hall–Kier alpha value is -0.450. The second-order valence-electron chi connectivity index (χ2n) is 3.06. The predicted molar refractivity (Wildman–Crippen MR) is 62.7 cm³/mol. The number of benzene rings is 1. The molecule has 0 fully saturated rings. The third-order valence-corrected chi connectivity index (χ3v) is 13.2. The van der Waals surface area contributed by atoms with E-state index < -0.39 is 25.2 Å². The second-order valence-corrected chi connectivity index (χ2v) is 13.9. The molecular weight excluding hydrogens is 255 g/mol. The fourth-order valence-corrected chi connectivity index (χ4v) is 11.8. The van der Waals surface area contributed by atoms with Gasteiger partial charge in [0.1, 0.15) is 0 Å². The summed E-state index contributed by atoms with van der Waals surface area (Å²) in [4.78, 5) is 0. The van der Waals surface area contributed by atoms with E-state index in [1.54, 1.807) is 18.2 Å². The lowest BCUT2D eigenvalue weighted by molar-refractivity contribution is 0.612. The molecule has 7 heteroatoms. The molecule has 0 aliphatic rings. The highest BCUT2D eigenvalue weighted by molar-refractivity contribution is 8.84. The van der Waals surface area contributed by atoms with Gasteiger partial charge in [-0.15, -0.1) is 0 Å². The Labute approximate surface area is 90.4 Å². The van der Waals surface area contributed by atoms with E-state index in [-0.39, 0.29) is 0 Å². The lowest BCUT2D eigenvalue weighted by atomic mass is 10.4. The Balaban J connectivity index is 3.41. The summed E-state index contributed by atoms with van der Waals surface area (Å²) in [5, 5.41) is 0.345. The van der Waals surface area contributed by atoms with Gasteiger partial charge in [-0.2, -0.15) is 0 Å². The number of hydrogen-bond donors (Lipinski definition) is 0. The van der Waals surface area contributed by atoms with Crippen molar-refractivity contribution in [3.8, 4) is 0 Å². The highest BCUT2D eigenvalue weighted by Crippen LogP contribution is 2.46. The predicted octanol–water partition coefficient (Wildman–Crippen LogP) is 0.713. The van der Waals surface area contributed by atoms with Crippen molar-refractivity contribution in [2.45, 2.75) is 0 Å². The summed E-state index contributed by atoms with van der Waals surface area (Å²) in [6.07, 6.45) is -0.291. The molecule has 4 nitrogen and oxygen atoms in total. The van der Waals surface area contributed by atoms with E-state index in [0.29, 0.717) is 5.30 Å². The quantitative estimate of drug-likeness (QED) is 0.756. The first-order valence-corrected chi connectivity index (χ1v) is 10.3. The maximum Gasteiger partial charge on any atom is 0.183 e. The highest BCUT2D eigenvalue weighted by Gasteiger charge is 2.32. The minimum atomic E-state index is -3.60. The Morgan fingerprint density at radius 3 is 1.60 bits per heavy atom. The molecule has 0 spiro atoms. The van der Waals surface area contributed by atoms with Gasteiger partial charge in [-0.1, -0.05) is 30.3 Å². The molecule has 1 aromatic rings. The zero-order chi connectivity index (χ0) is 11.7. The largest absolute Gasteiger partial charge is 0.224 e. The molecule has 0 bridgehead atoms. The molecule has 0 amide bonds. The minimum Gasteiger partial charge on any atom is -0.224 e. The van der Waals surface area contributed by atoms with Crippen molar-refractivity contribution in [2.24, 2.45) is 0 Å². The fourth-order valence-electron chi connectivity index (χ4n) is 1.18. The molecular formula is C8H11O4PS2. The van der Waals surface area contributed by atoms with Crippen LogP contribution >= 0.6 is 6.33 Å². The van der Waals surface area contributed by atoms with Crippen molar-refractivity contribution in [3.05, 3.63) is 30.3 Å². The molecule has 1 aromatic carbocycles. The van der Waals surface area contributed by atoms with Crippen molar-refractivity contribution in [3.63, 3.8) is 0 Å². The zero-order valence-corrected chi connectivity index (χ0v) is 10.8. The Morgan fingerprint density at radius 2 is 1.27 bits per heavy atom. The van der Waals surface area contributed by atoms with Crippen LogP contribution in [0.15, 0.2) is 30.3 Å². The molecule has 0 radical (unpaired) electrons. The molecule has 1 rings (SSSR count). The van der Waals surface area contributed by atoms with Gasteiger partial charge >= 0.3 is 0 Å². The first-order valence-electron chi connectivity index (χ1n) is 3.98. The van der Waals surface area contributed by atoms with E-state index in [2.05, 4.69) is 0 Å². The van der Waals surface area contributed by atoms with Crippen molar-refractivity contribution in [1.82, 2.24) is 0 Å². The molecule has 0 aromatic heterocycles. The summed E-state index contributed by atoms with van der Waals surface area (Å²) in [6, 6.07) is 8.01. The van der Waals surface area contributed by atoms with Gasteiger partial charge in [0.15, 0.2) is 25.2 Å². The molecule has 0 aliphatic heterocycles. The topological polar surface area (TPSA) is 68.3 Å². The van der Waals surface area contributed by atoms with Crippen LogP contribution in [0.5, 0.6) is 0 Å². The Kier molecular flexibility index (Phi) is 3.53. The third kappa shape index (κ3) is 3.26. The summed E-state index contributed by atoms with van der Waals surface area (Å²) in [5.74, 6) is 0. The van der Waals surface area contributed by atoms with Gasteiger partial charge in [0.2, 0.25) is 0 Å². The lowest BCUT2D eigenvalue weighted by Gasteiger charge is -2.12. The maximum atomic E-state index is 11.4. The molecule has 0 N–H and O–H groups in total. The highest BCUT2D eigenvalue weighted by atomic mass is 33.1. The number of hydrogen-bond acceptors (Lipinski definition) is 4. The minimum absolute atomic E-state index is 0.345. The summed E-state index contributed by atoms with van der Waals surface area (Å²) >= 11 is 0. The second kappa shape index (κ2) is 4.20. The van der Waals surface area contributed by atoms with E-state index in [9.17, 15) is 16.8 Å². The first kappa shape index (κ1) is 12.6.